The second-order valence-electron chi connectivity index (χ2n) is 8.92. The summed E-state index contributed by atoms with van der Waals surface area (Å²) < 4.78 is 58.1. The number of nitrogens with one attached hydrogen (secondary N) is 1. The molecule has 5 rings (SSSR count). The van der Waals surface area contributed by atoms with E-state index in [1.165, 1.54) is 21.6 Å². The molecule has 0 saturated carbocycles. The van der Waals surface area contributed by atoms with Crippen LogP contribution >= 0.6 is 11.5 Å². The first-order chi connectivity index (χ1) is 17.8. The molecule has 1 fully saturated rings. The van der Waals surface area contributed by atoms with Gasteiger partial charge in [0, 0.05) is 49.4 Å². The van der Waals surface area contributed by atoms with E-state index in [4.69, 9.17) is 0 Å². The van der Waals surface area contributed by atoms with Crippen LogP contribution in [0.25, 0.3) is 10.1 Å². The maximum Gasteiger partial charge on any atom is 0.419 e. The first-order valence-corrected chi connectivity index (χ1v) is 12.6. The number of halogens is 4. The van der Waals surface area contributed by atoms with Gasteiger partial charge >= 0.3 is 6.18 Å². The first-order valence-electron chi connectivity index (χ1n) is 11.9. The van der Waals surface area contributed by atoms with Crippen molar-refractivity contribution in [3.63, 3.8) is 0 Å². The Morgan fingerprint density at radius 3 is 2.43 bits per heavy atom. The monoisotopic (exact) mass is 528 g/mol. The number of hydrogen-bond donors (Lipinski definition) is 1. The minimum absolute atomic E-state index is 0.261. The van der Waals surface area contributed by atoms with Gasteiger partial charge in [0.1, 0.15) is 11.6 Å². The van der Waals surface area contributed by atoms with Crippen LogP contribution in [0.4, 0.5) is 29.1 Å². The van der Waals surface area contributed by atoms with Gasteiger partial charge in [-0.1, -0.05) is 24.3 Å². The molecule has 1 N–H and O–H groups in total. The Bertz CT molecular complexity index is 1400. The standard InChI is InChI=1S/C27H24F4N4OS/c28-23-10-7-19(17-22(23)27(29,30)31)26(36)32-20-8-5-18(6-9-20)11-12-34-13-15-35(16-14-34)25-21-3-1-2-4-24(21)37-33-25/h1-10,17H,11-16H2,(H,32,36). The maximum absolute atomic E-state index is 13.5. The molecule has 2 heterocycles. The number of carbonyl (C=O) groups is 1. The molecule has 3 aromatic carbocycles. The Morgan fingerprint density at radius 2 is 1.70 bits per heavy atom. The van der Waals surface area contributed by atoms with Crippen molar-refractivity contribution in [2.45, 2.75) is 12.6 Å². The van der Waals surface area contributed by atoms with E-state index in [2.05, 4.69) is 31.6 Å². The van der Waals surface area contributed by atoms with Gasteiger partial charge in [-0.3, -0.25) is 9.69 Å². The molecule has 0 spiro atoms. The number of amides is 1. The number of nitrogens with zero attached hydrogens (tertiary/aromatic N) is 3. The molecule has 1 aliphatic heterocycles. The average molecular weight is 529 g/mol. The third kappa shape index (κ3) is 5.75. The molecule has 5 nitrogen and oxygen atoms in total. The summed E-state index contributed by atoms with van der Waals surface area (Å²) in [5, 5.41) is 3.77. The Labute approximate surface area is 215 Å². The molecule has 1 saturated heterocycles. The zero-order valence-electron chi connectivity index (χ0n) is 19.8. The van der Waals surface area contributed by atoms with Crippen LogP contribution in [0.3, 0.4) is 0 Å². The van der Waals surface area contributed by atoms with Crippen molar-refractivity contribution in [3.8, 4) is 0 Å². The van der Waals surface area contributed by atoms with E-state index in [0.717, 1.165) is 56.6 Å². The Balaban J connectivity index is 1.12. The summed E-state index contributed by atoms with van der Waals surface area (Å²) in [7, 11) is 0. The zero-order valence-corrected chi connectivity index (χ0v) is 20.6. The molecule has 0 bridgehead atoms. The van der Waals surface area contributed by atoms with Crippen LogP contribution in [0, 0.1) is 5.82 Å². The molecule has 37 heavy (non-hydrogen) atoms. The lowest BCUT2D eigenvalue weighted by Crippen LogP contribution is -2.47. The van der Waals surface area contributed by atoms with Crippen molar-refractivity contribution in [3.05, 3.63) is 89.2 Å². The molecule has 1 aromatic heterocycles. The third-order valence-electron chi connectivity index (χ3n) is 6.49. The van der Waals surface area contributed by atoms with Crippen LogP contribution in [0.2, 0.25) is 0 Å². The smallest absolute Gasteiger partial charge is 0.353 e. The highest BCUT2D eigenvalue weighted by Gasteiger charge is 2.34. The van der Waals surface area contributed by atoms with Crippen molar-refractivity contribution >= 4 is 39.0 Å². The van der Waals surface area contributed by atoms with Gasteiger partial charge in [-0.2, -0.15) is 17.5 Å². The van der Waals surface area contributed by atoms with Crippen LogP contribution in [-0.2, 0) is 12.6 Å². The molecule has 10 heteroatoms. The number of alkyl halides is 3. The number of hydrogen-bond acceptors (Lipinski definition) is 5. The highest BCUT2D eigenvalue weighted by molar-refractivity contribution is 7.13. The number of carbonyl (C=O) groups excluding carboxylic acids is 1. The highest BCUT2D eigenvalue weighted by Crippen LogP contribution is 2.32. The number of benzene rings is 3. The predicted octanol–water partition coefficient (Wildman–Crippen LogP) is 6.07. The largest absolute Gasteiger partial charge is 0.419 e. The van der Waals surface area contributed by atoms with Crippen molar-refractivity contribution in [1.29, 1.82) is 0 Å². The first kappa shape index (κ1) is 25.2. The SMILES string of the molecule is O=C(Nc1ccc(CCN2CCN(c3nsc4ccccc34)CC2)cc1)c1ccc(F)c(C(F)(F)F)c1. The van der Waals surface area contributed by atoms with E-state index in [0.29, 0.717) is 17.8 Å². The quantitative estimate of drug-likeness (QED) is 0.309. The zero-order chi connectivity index (χ0) is 26.0. The Morgan fingerprint density at radius 1 is 0.973 bits per heavy atom. The minimum atomic E-state index is -4.87. The topological polar surface area (TPSA) is 48.5 Å². The second-order valence-corrected chi connectivity index (χ2v) is 9.73. The molecule has 0 unspecified atom stereocenters. The summed E-state index contributed by atoms with van der Waals surface area (Å²) in [5.41, 5.74) is -0.179. The Hall–Kier alpha value is -3.50. The summed E-state index contributed by atoms with van der Waals surface area (Å²) in [5.74, 6) is -1.08. The summed E-state index contributed by atoms with van der Waals surface area (Å²) in [4.78, 5) is 17.1. The fraction of sp³-hybridized carbons (Fsp3) is 0.259. The van der Waals surface area contributed by atoms with E-state index in [-0.39, 0.29) is 5.56 Å². The minimum Gasteiger partial charge on any atom is -0.353 e. The van der Waals surface area contributed by atoms with E-state index < -0.39 is 23.5 Å². The Kier molecular flexibility index (Phi) is 7.12. The van der Waals surface area contributed by atoms with Crippen molar-refractivity contribution in [1.82, 2.24) is 9.27 Å². The van der Waals surface area contributed by atoms with E-state index >= 15 is 0 Å². The van der Waals surface area contributed by atoms with Crippen LogP contribution in [0.15, 0.2) is 66.7 Å². The van der Waals surface area contributed by atoms with Gasteiger partial charge in [0.25, 0.3) is 5.91 Å². The van der Waals surface area contributed by atoms with Crippen molar-refractivity contribution in [2.24, 2.45) is 0 Å². The predicted molar refractivity (Wildman–Crippen MR) is 138 cm³/mol. The molecule has 1 aliphatic rings. The van der Waals surface area contributed by atoms with Crippen LogP contribution in [0.5, 0.6) is 0 Å². The molecular formula is C27H24F4N4OS. The maximum atomic E-state index is 13.5. The van der Waals surface area contributed by atoms with Gasteiger partial charge in [0.2, 0.25) is 0 Å². The van der Waals surface area contributed by atoms with E-state index in [9.17, 15) is 22.4 Å². The number of aromatic nitrogens is 1. The van der Waals surface area contributed by atoms with Gasteiger partial charge in [-0.05, 0) is 66.0 Å². The fourth-order valence-corrected chi connectivity index (χ4v) is 5.21. The van der Waals surface area contributed by atoms with Crippen LogP contribution in [0.1, 0.15) is 21.5 Å². The highest BCUT2D eigenvalue weighted by atomic mass is 32.1. The number of rotatable bonds is 6. The van der Waals surface area contributed by atoms with Crippen LogP contribution < -0.4 is 10.2 Å². The average Bonchev–Trinajstić information content (AvgIpc) is 3.32. The van der Waals surface area contributed by atoms with E-state index in [1.54, 1.807) is 12.1 Å². The van der Waals surface area contributed by atoms with Crippen molar-refractivity contribution in [2.75, 3.05) is 42.9 Å². The molecule has 0 atom stereocenters. The molecule has 0 aliphatic carbocycles. The van der Waals surface area contributed by atoms with Gasteiger partial charge in [-0.25, -0.2) is 4.39 Å². The molecule has 0 radical (unpaired) electrons. The normalized spacial score (nSPS) is 14.8. The van der Waals surface area contributed by atoms with Gasteiger partial charge in [0.15, 0.2) is 0 Å². The lowest BCUT2D eigenvalue weighted by molar-refractivity contribution is -0.140. The van der Waals surface area contributed by atoms with Gasteiger partial charge in [0.05, 0.1) is 10.3 Å². The number of fused-ring (bicyclic) bond motifs is 1. The van der Waals surface area contributed by atoms with Crippen molar-refractivity contribution < 1.29 is 22.4 Å². The van der Waals surface area contributed by atoms with Gasteiger partial charge < -0.3 is 10.2 Å². The van der Waals surface area contributed by atoms with Gasteiger partial charge in [-0.15, -0.1) is 0 Å². The second kappa shape index (κ2) is 10.5. The lowest BCUT2D eigenvalue weighted by Gasteiger charge is -2.35. The third-order valence-corrected chi connectivity index (χ3v) is 7.31. The summed E-state index contributed by atoms with van der Waals surface area (Å²) >= 11 is 1.53. The molecule has 4 aromatic rings. The summed E-state index contributed by atoms with van der Waals surface area (Å²) in [6.07, 6.45) is -4.04. The fourth-order valence-electron chi connectivity index (χ4n) is 4.41. The molecule has 192 valence electrons. The molecule has 1 amide bonds. The van der Waals surface area contributed by atoms with E-state index in [1.807, 2.05) is 24.3 Å². The lowest BCUT2D eigenvalue weighted by atomic mass is 10.1. The summed E-state index contributed by atoms with van der Waals surface area (Å²) in [6, 6.07) is 17.7. The number of piperazine rings is 1. The summed E-state index contributed by atoms with van der Waals surface area (Å²) in [6.45, 7) is 4.61. The number of anilines is 2. The van der Waals surface area contributed by atoms with Crippen LogP contribution in [-0.4, -0.2) is 47.9 Å². The molecular weight excluding hydrogens is 504 g/mol.